The smallest absolute Gasteiger partial charge is 0.213 e. The van der Waals surface area contributed by atoms with E-state index in [9.17, 15) is 0 Å². The lowest BCUT2D eigenvalue weighted by molar-refractivity contribution is 0.0947. The van der Waals surface area contributed by atoms with Gasteiger partial charge in [0.2, 0.25) is 5.88 Å². The second-order valence-corrected chi connectivity index (χ2v) is 13.7. The van der Waals surface area contributed by atoms with Crippen molar-refractivity contribution in [1.29, 1.82) is 0 Å². The third-order valence-corrected chi connectivity index (χ3v) is 10.5. The molecule has 1 aliphatic heterocycles. The molecule has 2 atom stereocenters. The largest absolute Gasteiger partial charge is 0.481 e. The number of pyridine rings is 1. The molecule has 2 rings (SSSR count). The highest BCUT2D eigenvalue weighted by molar-refractivity contribution is 6.74. The van der Waals surface area contributed by atoms with E-state index in [1.165, 1.54) is 12.8 Å². The number of ether oxygens (including phenoxy) is 1. The molecule has 0 bridgehead atoms. The quantitative estimate of drug-likeness (QED) is 0.674. The van der Waals surface area contributed by atoms with Crippen LogP contribution >= 0.6 is 0 Å². The maximum absolute atomic E-state index is 6.48. The van der Waals surface area contributed by atoms with Crippen molar-refractivity contribution in [3.63, 3.8) is 0 Å². The Morgan fingerprint density at radius 3 is 2.68 bits per heavy atom. The van der Waals surface area contributed by atoms with Crippen LogP contribution in [0.15, 0.2) is 18.2 Å². The van der Waals surface area contributed by atoms with Crippen molar-refractivity contribution < 1.29 is 9.16 Å². The fourth-order valence-corrected chi connectivity index (χ4v) is 4.18. The van der Waals surface area contributed by atoms with Crippen LogP contribution in [0.1, 0.15) is 52.3 Å². The summed E-state index contributed by atoms with van der Waals surface area (Å²) in [6.07, 6.45) is 2.50. The molecule has 1 aliphatic rings. The van der Waals surface area contributed by atoms with Gasteiger partial charge in [-0.3, -0.25) is 4.90 Å². The number of aromatic nitrogens is 1. The van der Waals surface area contributed by atoms with Crippen LogP contribution in [-0.4, -0.2) is 45.0 Å². The average Bonchev–Trinajstić information content (AvgIpc) is 2.58. The summed E-state index contributed by atoms with van der Waals surface area (Å²) in [5.41, 5.74) is 1.09. The fourth-order valence-electron chi connectivity index (χ4n) is 3.09. The zero-order chi connectivity index (χ0) is 18.7. The number of nitrogens with zero attached hydrogens (tertiary/aromatic N) is 2. The molecule has 5 heteroatoms. The van der Waals surface area contributed by atoms with E-state index in [0.717, 1.165) is 25.4 Å². The second-order valence-electron chi connectivity index (χ2n) is 8.86. The number of likely N-dealkylation sites (tertiary alicyclic amines) is 1. The SMILES string of the molecule is COc1cccc(C(C)N2CCCC(CO[Si](C)(C)C(C)(C)C)C2)n1. The first-order chi connectivity index (χ1) is 11.6. The van der Waals surface area contributed by atoms with Crippen molar-refractivity contribution in [3.05, 3.63) is 23.9 Å². The van der Waals surface area contributed by atoms with Crippen molar-refractivity contribution >= 4 is 8.32 Å². The monoisotopic (exact) mass is 364 g/mol. The summed E-state index contributed by atoms with van der Waals surface area (Å²) in [7, 11) is 0.0107. The van der Waals surface area contributed by atoms with Gasteiger partial charge in [-0.2, -0.15) is 0 Å². The molecule has 0 aliphatic carbocycles. The Hall–Kier alpha value is -0.913. The summed E-state index contributed by atoms with van der Waals surface area (Å²) in [5, 5.41) is 0.277. The highest BCUT2D eigenvalue weighted by Crippen LogP contribution is 2.37. The average molecular weight is 365 g/mol. The molecule has 0 radical (unpaired) electrons. The first kappa shape index (κ1) is 20.4. The molecule has 0 aromatic carbocycles. The fraction of sp³-hybridized carbons (Fsp3) is 0.750. The number of hydrogen-bond donors (Lipinski definition) is 0. The molecule has 25 heavy (non-hydrogen) atoms. The lowest BCUT2D eigenvalue weighted by atomic mass is 9.97. The van der Waals surface area contributed by atoms with Crippen molar-refractivity contribution in [1.82, 2.24) is 9.88 Å². The zero-order valence-corrected chi connectivity index (χ0v) is 18.1. The van der Waals surface area contributed by atoms with Crippen molar-refractivity contribution in [3.8, 4) is 5.88 Å². The van der Waals surface area contributed by atoms with E-state index in [2.05, 4.69) is 56.7 Å². The molecule has 1 fully saturated rings. The normalized spacial score (nSPS) is 21.2. The number of rotatable bonds is 6. The van der Waals surface area contributed by atoms with E-state index < -0.39 is 8.32 Å². The van der Waals surface area contributed by atoms with Crippen LogP contribution in [0.4, 0.5) is 0 Å². The Balaban J connectivity index is 1.96. The molecule has 0 saturated carbocycles. The van der Waals surface area contributed by atoms with Crippen LogP contribution in [0, 0.1) is 5.92 Å². The third-order valence-electron chi connectivity index (χ3n) is 5.97. The lowest BCUT2D eigenvalue weighted by Crippen LogP contribution is -2.44. The third kappa shape index (κ3) is 5.28. The molecular weight excluding hydrogens is 328 g/mol. The summed E-state index contributed by atoms with van der Waals surface area (Å²) in [4.78, 5) is 7.17. The summed E-state index contributed by atoms with van der Waals surface area (Å²) in [6.45, 7) is 17.0. The van der Waals surface area contributed by atoms with E-state index in [1.54, 1.807) is 7.11 Å². The Morgan fingerprint density at radius 2 is 2.04 bits per heavy atom. The van der Waals surface area contributed by atoms with Gasteiger partial charge < -0.3 is 9.16 Å². The molecule has 2 unspecified atom stereocenters. The molecule has 2 heterocycles. The number of hydrogen-bond acceptors (Lipinski definition) is 4. The molecule has 1 aromatic heterocycles. The van der Waals surface area contributed by atoms with Gasteiger partial charge in [0.05, 0.1) is 12.8 Å². The first-order valence-electron chi connectivity index (χ1n) is 9.53. The summed E-state index contributed by atoms with van der Waals surface area (Å²) < 4.78 is 11.8. The zero-order valence-electron chi connectivity index (χ0n) is 17.1. The van der Waals surface area contributed by atoms with E-state index in [0.29, 0.717) is 17.8 Å². The molecule has 142 valence electrons. The maximum atomic E-state index is 6.48. The summed E-state index contributed by atoms with van der Waals surface area (Å²) in [6, 6.07) is 6.34. The lowest BCUT2D eigenvalue weighted by Gasteiger charge is -2.40. The summed E-state index contributed by atoms with van der Waals surface area (Å²) in [5.74, 6) is 1.31. The highest BCUT2D eigenvalue weighted by atomic mass is 28.4. The van der Waals surface area contributed by atoms with E-state index in [1.807, 2.05) is 12.1 Å². The minimum Gasteiger partial charge on any atom is -0.481 e. The Bertz CT molecular complexity index is 557. The molecule has 0 amide bonds. The second kappa shape index (κ2) is 8.19. The Labute approximate surface area is 155 Å². The van der Waals surface area contributed by atoms with Gasteiger partial charge in [0.1, 0.15) is 0 Å². The predicted octanol–water partition coefficient (Wildman–Crippen LogP) is 4.89. The van der Waals surface area contributed by atoms with Gasteiger partial charge >= 0.3 is 0 Å². The van der Waals surface area contributed by atoms with Crippen LogP contribution in [0.25, 0.3) is 0 Å². The molecule has 0 N–H and O–H groups in total. The van der Waals surface area contributed by atoms with Crippen LogP contribution in [0.2, 0.25) is 18.1 Å². The molecule has 4 nitrogen and oxygen atoms in total. The molecule has 1 aromatic rings. The van der Waals surface area contributed by atoms with Crippen molar-refractivity contribution in [2.45, 2.75) is 64.7 Å². The molecule has 0 spiro atoms. The van der Waals surface area contributed by atoms with Crippen LogP contribution < -0.4 is 4.74 Å². The van der Waals surface area contributed by atoms with Crippen LogP contribution in [0.5, 0.6) is 5.88 Å². The maximum Gasteiger partial charge on any atom is 0.213 e. The van der Waals surface area contributed by atoms with Gasteiger partial charge in [0.15, 0.2) is 8.32 Å². The molecular formula is C20H36N2O2Si. The highest BCUT2D eigenvalue weighted by Gasteiger charge is 2.38. The van der Waals surface area contributed by atoms with E-state index in [-0.39, 0.29) is 5.04 Å². The van der Waals surface area contributed by atoms with Crippen LogP contribution in [-0.2, 0) is 4.43 Å². The summed E-state index contributed by atoms with van der Waals surface area (Å²) >= 11 is 0. The minimum atomic E-state index is -1.66. The van der Waals surface area contributed by atoms with Gasteiger partial charge in [-0.05, 0) is 56.4 Å². The number of methoxy groups -OCH3 is 1. The van der Waals surface area contributed by atoms with Gasteiger partial charge in [-0.1, -0.05) is 26.8 Å². The van der Waals surface area contributed by atoms with Crippen molar-refractivity contribution in [2.75, 3.05) is 26.8 Å². The van der Waals surface area contributed by atoms with Gasteiger partial charge in [-0.25, -0.2) is 4.98 Å². The topological polar surface area (TPSA) is 34.6 Å². The Morgan fingerprint density at radius 1 is 1.32 bits per heavy atom. The van der Waals surface area contributed by atoms with E-state index >= 15 is 0 Å². The van der Waals surface area contributed by atoms with Gasteiger partial charge in [0.25, 0.3) is 0 Å². The van der Waals surface area contributed by atoms with Crippen molar-refractivity contribution in [2.24, 2.45) is 5.92 Å². The van der Waals surface area contributed by atoms with Gasteiger partial charge in [-0.15, -0.1) is 0 Å². The minimum absolute atomic E-state index is 0.277. The molecule has 1 saturated heterocycles. The Kier molecular flexibility index (Phi) is 6.68. The first-order valence-corrected chi connectivity index (χ1v) is 12.4. The van der Waals surface area contributed by atoms with Crippen LogP contribution in [0.3, 0.4) is 0 Å². The predicted molar refractivity (Wildman–Crippen MR) is 107 cm³/mol. The van der Waals surface area contributed by atoms with E-state index in [4.69, 9.17) is 9.16 Å². The number of piperidine rings is 1. The standard InChI is InChI=1S/C20H36N2O2Si/c1-16(18-11-8-12-19(21-18)23-5)22-13-9-10-17(14-22)15-24-25(6,7)20(2,3)4/h8,11-12,16-17H,9-10,13-15H2,1-7H3. The van der Waals surface area contributed by atoms with Gasteiger partial charge in [0, 0.05) is 25.3 Å².